The maximum Gasteiger partial charge on any atom is 0.306 e. The second-order valence-corrected chi connectivity index (χ2v) is 7.19. The largest absolute Gasteiger partial charge is 0.453 e. The third-order valence-electron chi connectivity index (χ3n) is 4.12. The van der Waals surface area contributed by atoms with Crippen LogP contribution in [0.1, 0.15) is 29.3 Å². The van der Waals surface area contributed by atoms with Crippen LogP contribution in [0.3, 0.4) is 0 Å². The molecule has 0 fully saturated rings. The van der Waals surface area contributed by atoms with Gasteiger partial charge in [-0.05, 0) is 42.5 Å². The van der Waals surface area contributed by atoms with E-state index in [1.807, 2.05) is 36.5 Å². The fraction of sp³-hybridized carbons (Fsp3) is 0.200. The Hall–Kier alpha value is -3.46. The first kappa shape index (κ1) is 20.3. The van der Waals surface area contributed by atoms with Crippen LogP contribution in [0.15, 0.2) is 54.2 Å². The second-order valence-electron chi connectivity index (χ2n) is 6.28. The summed E-state index contributed by atoms with van der Waals surface area (Å²) in [5.74, 6) is -1.66. The number of nitrogens with two attached hydrogens (primary N) is 1. The predicted molar refractivity (Wildman–Crippen MR) is 109 cm³/mol. The normalized spacial score (nSPS) is 11.6. The number of para-hydroxylation sites is 1. The quantitative estimate of drug-likeness (QED) is 0.552. The van der Waals surface area contributed by atoms with Gasteiger partial charge in [-0.25, -0.2) is 4.68 Å². The van der Waals surface area contributed by atoms with E-state index in [-0.39, 0.29) is 12.0 Å². The van der Waals surface area contributed by atoms with E-state index in [0.717, 1.165) is 11.3 Å². The molecule has 3 N–H and O–H groups in total. The summed E-state index contributed by atoms with van der Waals surface area (Å²) in [6.45, 7) is 1.47. The van der Waals surface area contributed by atoms with Gasteiger partial charge in [-0.1, -0.05) is 18.2 Å². The van der Waals surface area contributed by atoms with Crippen molar-refractivity contribution in [2.45, 2.75) is 25.9 Å². The summed E-state index contributed by atoms with van der Waals surface area (Å²) in [5.41, 5.74) is 7.28. The fourth-order valence-corrected chi connectivity index (χ4v) is 3.38. The molecule has 1 aromatic carbocycles. The third kappa shape index (κ3) is 5.29. The first-order chi connectivity index (χ1) is 13.9. The first-order valence-corrected chi connectivity index (χ1v) is 9.78. The molecule has 2 aromatic heterocycles. The van der Waals surface area contributed by atoms with Gasteiger partial charge in [0.15, 0.2) is 6.10 Å². The molecular weight excluding hydrogens is 392 g/mol. The molecule has 1 unspecified atom stereocenters. The Morgan fingerprint density at radius 1 is 1.24 bits per heavy atom. The molecule has 0 saturated carbocycles. The minimum Gasteiger partial charge on any atom is -0.453 e. The van der Waals surface area contributed by atoms with Gasteiger partial charge in [0.1, 0.15) is 5.00 Å². The number of hydrogen-bond donors (Lipinski definition) is 2. The number of esters is 1. The number of carbonyl (C=O) groups is 3. The number of aromatic nitrogens is 2. The molecule has 0 saturated heterocycles. The Balaban J connectivity index is 1.49. The molecule has 29 heavy (non-hydrogen) atoms. The maximum atomic E-state index is 12.2. The standard InChI is InChI=1S/C20H20N4O4S/c1-13(19(27)23-20-16(18(21)26)9-10-29-20)28-17(25)8-7-14-11-22-24(12-14)15-5-3-2-4-6-15/h2-6,9-13H,7-8H2,1H3,(H2,21,26)(H,23,27). The molecule has 0 radical (unpaired) electrons. The number of nitrogens with one attached hydrogen (secondary N) is 1. The number of benzene rings is 1. The maximum absolute atomic E-state index is 12.2. The molecule has 1 atom stereocenters. The number of rotatable bonds is 8. The van der Waals surface area contributed by atoms with Crippen molar-refractivity contribution in [1.29, 1.82) is 0 Å². The van der Waals surface area contributed by atoms with E-state index in [1.54, 1.807) is 16.3 Å². The van der Waals surface area contributed by atoms with Crippen LogP contribution in [-0.4, -0.2) is 33.7 Å². The fourth-order valence-electron chi connectivity index (χ4n) is 2.58. The summed E-state index contributed by atoms with van der Waals surface area (Å²) in [6.07, 6.45) is 3.09. The average molecular weight is 412 g/mol. The van der Waals surface area contributed by atoms with Crippen molar-refractivity contribution >= 4 is 34.1 Å². The van der Waals surface area contributed by atoms with E-state index < -0.39 is 23.9 Å². The highest BCUT2D eigenvalue weighted by atomic mass is 32.1. The lowest BCUT2D eigenvalue weighted by Crippen LogP contribution is -2.30. The number of carbonyl (C=O) groups excluding carboxylic acids is 3. The van der Waals surface area contributed by atoms with Crippen LogP contribution in [0.4, 0.5) is 5.00 Å². The minimum atomic E-state index is -1.00. The Labute approximate surface area is 171 Å². The first-order valence-electron chi connectivity index (χ1n) is 8.90. The van der Waals surface area contributed by atoms with Crippen molar-refractivity contribution in [3.8, 4) is 5.69 Å². The van der Waals surface area contributed by atoms with Crippen LogP contribution in [0, 0.1) is 0 Å². The third-order valence-corrected chi connectivity index (χ3v) is 4.95. The molecule has 0 aliphatic rings. The zero-order valence-electron chi connectivity index (χ0n) is 15.7. The van der Waals surface area contributed by atoms with Gasteiger partial charge in [0.2, 0.25) is 0 Å². The highest BCUT2D eigenvalue weighted by Gasteiger charge is 2.20. The van der Waals surface area contributed by atoms with E-state index >= 15 is 0 Å². The number of amides is 2. The van der Waals surface area contributed by atoms with Crippen LogP contribution < -0.4 is 11.1 Å². The lowest BCUT2D eigenvalue weighted by atomic mass is 10.2. The van der Waals surface area contributed by atoms with Crippen molar-refractivity contribution in [3.63, 3.8) is 0 Å². The van der Waals surface area contributed by atoms with Crippen molar-refractivity contribution in [3.05, 3.63) is 65.3 Å². The van der Waals surface area contributed by atoms with E-state index in [9.17, 15) is 14.4 Å². The topological polar surface area (TPSA) is 116 Å². The number of primary amides is 1. The monoisotopic (exact) mass is 412 g/mol. The predicted octanol–water partition coefficient (Wildman–Crippen LogP) is 2.54. The van der Waals surface area contributed by atoms with Gasteiger partial charge >= 0.3 is 5.97 Å². The molecular formula is C20H20N4O4S. The lowest BCUT2D eigenvalue weighted by molar-refractivity contribution is -0.153. The zero-order valence-corrected chi connectivity index (χ0v) is 16.5. The van der Waals surface area contributed by atoms with Gasteiger partial charge < -0.3 is 15.8 Å². The number of thiophene rings is 1. The van der Waals surface area contributed by atoms with Crippen LogP contribution in [0.2, 0.25) is 0 Å². The van der Waals surface area contributed by atoms with Gasteiger partial charge in [0, 0.05) is 12.6 Å². The summed E-state index contributed by atoms with van der Waals surface area (Å²) in [7, 11) is 0. The molecule has 8 nitrogen and oxygen atoms in total. The Bertz CT molecular complexity index is 1010. The molecule has 0 aliphatic carbocycles. The number of hydrogen-bond acceptors (Lipinski definition) is 6. The Kier molecular flexibility index (Phi) is 6.40. The molecule has 2 amide bonds. The molecule has 0 bridgehead atoms. The van der Waals surface area contributed by atoms with E-state index in [0.29, 0.717) is 11.4 Å². The lowest BCUT2D eigenvalue weighted by Gasteiger charge is -2.13. The Morgan fingerprint density at radius 2 is 2.00 bits per heavy atom. The SMILES string of the molecule is CC(OC(=O)CCc1cnn(-c2ccccc2)c1)C(=O)Nc1sccc1C(N)=O. The molecule has 150 valence electrons. The number of anilines is 1. The minimum absolute atomic E-state index is 0.115. The zero-order chi connectivity index (χ0) is 20.8. The van der Waals surface area contributed by atoms with Crippen molar-refractivity contribution in [2.24, 2.45) is 5.73 Å². The summed E-state index contributed by atoms with van der Waals surface area (Å²) in [4.78, 5) is 35.6. The molecule has 0 aliphatic heterocycles. The molecule has 3 rings (SSSR count). The van der Waals surface area contributed by atoms with Crippen molar-refractivity contribution in [2.75, 3.05) is 5.32 Å². The second kappa shape index (κ2) is 9.16. The summed E-state index contributed by atoms with van der Waals surface area (Å²) in [5, 5.41) is 8.82. The van der Waals surface area contributed by atoms with Gasteiger partial charge in [-0.3, -0.25) is 14.4 Å². The van der Waals surface area contributed by atoms with E-state index in [2.05, 4.69) is 10.4 Å². The van der Waals surface area contributed by atoms with Crippen LogP contribution >= 0.6 is 11.3 Å². The summed E-state index contributed by atoms with van der Waals surface area (Å²) < 4.78 is 6.91. The number of ether oxygens (including phenoxy) is 1. The van der Waals surface area contributed by atoms with Crippen molar-refractivity contribution < 1.29 is 19.1 Å². The molecule has 9 heteroatoms. The van der Waals surface area contributed by atoms with Crippen LogP contribution in [0.25, 0.3) is 5.69 Å². The Morgan fingerprint density at radius 3 is 2.72 bits per heavy atom. The number of nitrogens with zero attached hydrogens (tertiary/aromatic N) is 2. The van der Waals surface area contributed by atoms with Gasteiger partial charge in [-0.2, -0.15) is 5.10 Å². The van der Waals surface area contributed by atoms with E-state index in [1.165, 1.54) is 24.3 Å². The summed E-state index contributed by atoms with van der Waals surface area (Å²) >= 11 is 1.17. The smallest absolute Gasteiger partial charge is 0.306 e. The molecule has 0 spiro atoms. The summed E-state index contributed by atoms with van der Waals surface area (Å²) in [6, 6.07) is 11.2. The van der Waals surface area contributed by atoms with Crippen LogP contribution in [-0.2, 0) is 20.7 Å². The van der Waals surface area contributed by atoms with E-state index in [4.69, 9.17) is 10.5 Å². The highest BCUT2D eigenvalue weighted by Crippen LogP contribution is 2.23. The molecule has 3 aromatic rings. The van der Waals surface area contributed by atoms with Gasteiger partial charge in [-0.15, -0.1) is 11.3 Å². The van der Waals surface area contributed by atoms with Gasteiger partial charge in [0.05, 0.1) is 17.4 Å². The van der Waals surface area contributed by atoms with Crippen molar-refractivity contribution in [1.82, 2.24) is 9.78 Å². The number of aryl methyl sites for hydroxylation is 1. The highest BCUT2D eigenvalue weighted by molar-refractivity contribution is 7.14. The van der Waals surface area contributed by atoms with Gasteiger partial charge in [0.25, 0.3) is 11.8 Å². The molecule has 2 heterocycles. The average Bonchev–Trinajstić information content (AvgIpc) is 3.36. The van der Waals surface area contributed by atoms with Crippen LogP contribution in [0.5, 0.6) is 0 Å².